The van der Waals surface area contributed by atoms with Crippen molar-refractivity contribution in [2.24, 2.45) is 0 Å². The predicted molar refractivity (Wildman–Crippen MR) is 148 cm³/mol. The van der Waals surface area contributed by atoms with Crippen LogP contribution in [0.1, 0.15) is 31.9 Å². The number of nitrogens with one attached hydrogen (secondary N) is 3. The number of sulfonamides is 1. The zero-order chi connectivity index (χ0) is 27.4. The van der Waals surface area contributed by atoms with Gasteiger partial charge in [0.15, 0.2) is 0 Å². The Balaban J connectivity index is 1.46. The van der Waals surface area contributed by atoms with Crippen molar-refractivity contribution in [1.29, 1.82) is 0 Å². The number of nitrogens with zero attached hydrogens (tertiary/aromatic N) is 3. The first-order valence-electron chi connectivity index (χ1n) is 12.6. The van der Waals surface area contributed by atoms with Crippen molar-refractivity contribution in [2.45, 2.75) is 44.7 Å². The Bertz CT molecular complexity index is 1350. The zero-order valence-electron chi connectivity index (χ0n) is 22.6. The summed E-state index contributed by atoms with van der Waals surface area (Å²) in [6, 6.07) is 14.8. The summed E-state index contributed by atoms with van der Waals surface area (Å²) in [7, 11) is -1.91. The van der Waals surface area contributed by atoms with Crippen LogP contribution < -0.4 is 15.4 Å². The molecule has 1 aliphatic rings. The molecule has 0 aliphatic carbocycles. The number of hydrogen-bond acceptors (Lipinski definition) is 8. The van der Waals surface area contributed by atoms with Gasteiger partial charge in [-0.05, 0) is 58.0 Å². The molecule has 204 valence electrons. The molecule has 0 spiro atoms. The second-order valence-electron chi connectivity index (χ2n) is 10.5. The Morgan fingerprint density at radius 3 is 2.39 bits per heavy atom. The first-order chi connectivity index (χ1) is 18.0. The molecule has 10 nitrogen and oxygen atoms in total. The summed E-state index contributed by atoms with van der Waals surface area (Å²) in [5.74, 6) is 1.01. The summed E-state index contributed by atoms with van der Waals surface area (Å²) in [6.07, 6.45) is 1.72. The molecule has 3 aromatic rings. The maximum absolute atomic E-state index is 12.8. The Labute approximate surface area is 225 Å². The number of hydrogen-bond donors (Lipinski definition) is 3. The third kappa shape index (κ3) is 7.27. The third-order valence-corrected chi connectivity index (χ3v) is 7.93. The predicted octanol–water partition coefficient (Wildman–Crippen LogP) is 4.26. The smallest absolute Gasteiger partial charge is 0.241 e. The van der Waals surface area contributed by atoms with E-state index in [9.17, 15) is 8.42 Å². The van der Waals surface area contributed by atoms with Gasteiger partial charge in [0.05, 0.1) is 25.2 Å². The number of hydroxylamine groups is 3. The van der Waals surface area contributed by atoms with Crippen LogP contribution >= 0.6 is 0 Å². The van der Waals surface area contributed by atoms with E-state index in [1.165, 1.54) is 5.56 Å². The molecule has 0 unspecified atom stereocenters. The minimum absolute atomic E-state index is 0.178. The van der Waals surface area contributed by atoms with Crippen LogP contribution in [-0.4, -0.2) is 62.0 Å². The summed E-state index contributed by atoms with van der Waals surface area (Å²) in [4.78, 5) is 15.0. The van der Waals surface area contributed by atoms with Crippen molar-refractivity contribution in [3.05, 3.63) is 65.9 Å². The van der Waals surface area contributed by atoms with Crippen molar-refractivity contribution in [3.63, 3.8) is 0 Å². The molecular weight excluding hydrogens is 504 g/mol. The second kappa shape index (κ2) is 11.3. The largest absolute Gasteiger partial charge is 0.370 e. The van der Waals surface area contributed by atoms with E-state index in [0.29, 0.717) is 35.3 Å². The molecule has 1 fully saturated rings. The average Bonchev–Trinajstić information content (AvgIpc) is 2.87. The molecule has 4 rings (SSSR count). The summed E-state index contributed by atoms with van der Waals surface area (Å²) in [5.41, 5.74) is 2.88. The van der Waals surface area contributed by atoms with Gasteiger partial charge < -0.3 is 15.4 Å². The number of aromatic nitrogens is 2. The number of aryl methyl sites for hydroxylation is 1. The Morgan fingerprint density at radius 2 is 1.74 bits per heavy atom. The van der Waals surface area contributed by atoms with E-state index in [1.807, 2.05) is 19.1 Å². The molecule has 0 saturated carbocycles. The molecule has 11 heteroatoms. The molecular formula is C27H37N6O4S+. The molecule has 3 N–H and O–H groups in total. The molecule has 1 aromatic heterocycles. The molecule has 1 saturated heterocycles. The number of quaternary nitrogens is 1. The van der Waals surface area contributed by atoms with Crippen LogP contribution in [0, 0.1) is 6.92 Å². The molecule has 38 heavy (non-hydrogen) atoms. The van der Waals surface area contributed by atoms with Crippen LogP contribution in [-0.2, 0) is 26.1 Å². The van der Waals surface area contributed by atoms with Gasteiger partial charge in [0.1, 0.15) is 25.5 Å². The minimum Gasteiger partial charge on any atom is -0.370 e. The van der Waals surface area contributed by atoms with Crippen molar-refractivity contribution in [2.75, 3.05) is 44.0 Å². The first-order valence-corrected chi connectivity index (χ1v) is 14.1. The summed E-state index contributed by atoms with van der Waals surface area (Å²) in [5, 5.41) is 6.48. The Kier molecular flexibility index (Phi) is 8.34. The molecule has 0 atom stereocenters. The lowest BCUT2D eigenvalue weighted by Crippen LogP contribution is -2.53. The highest BCUT2D eigenvalue weighted by molar-refractivity contribution is 7.89. The number of rotatable bonds is 9. The monoisotopic (exact) mass is 541 g/mol. The lowest BCUT2D eigenvalue weighted by molar-refractivity contribution is -1.12. The fourth-order valence-corrected chi connectivity index (χ4v) is 5.67. The number of morpholine rings is 1. The highest BCUT2D eigenvalue weighted by Crippen LogP contribution is 2.24. The zero-order valence-corrected chi connectivity index (χ0v) is 23.4. The van der Waals surface area contributed by atoms with Gasteiger partial charge in [-0.1, -0.05) is 18.2 Å². The highest BCUT2D eigenvalue weighted by Gasteiger charge is 2.31. The third-order valence-electron chi connectivity index (χ3n) is 6.17. The molecule has 0 bridgehead atoms. The topological polar surface area (TPSA) is 114 Å². The van der Waals surface area contributed by atoms with Gasteiger partial charge in [-0.25, -0.2) is 23.0 Å². The van der Waals surface area contributed by atoms with Gasteiger partial charge in [-0.3, -0.25) is 0 Å². The van der Waals surface area contributed by atoms with Crippen LogP contribution in [0.4, 0.5) is 23.1 Å². The van der Waals surface area contributed by atoms with Gasteiger partial charge in [0, 0.05) is 34.2 Å². The van der Waals surface area contributed by atoms with Crippen LogP contribution in [0.15, 0.2) is 59.6 Å². The van der Waals surface area contributed by atoms with E-state index in [1.54, 1.807) is 58.3 Å². The van der Waals surface area contributed by atoms with Gasteiger partial charge in [0.25, 0.3) is 0 Å². The normalized spacial score (nSPS) is 15.7. The molecule has 0 amide bonds. The SMILES string of the molecule is CO[N+]1(Cc2ccc(Nc3ncc(C)c(Nc4cccc(S(=O)(=O)NC(C)(C)C)c4)n3)cc2)CCOCC1. The summed E-state index contributed by atoms with van der Waals surface area (Å²) < 4.78 is 34.2. The highest BCUT2D eigenvalue weighted by atomic mass is 32.2. The molecule has 2 aromatic carbocycles. The van der Waals surface area contributed by atoms with Crippen molar-refractivity contribution in [3.8, 4) is 0 Å². The van der Waals surface area contributed by atoms with Crippen molar-refractivity contribution >= 4 is 33.2 Å². The maximum atomic E-state index is 12.8. The van der Waals surface area contributed by atoms with Gasteiger partial charge in [0.2, 0.25) is 16.0 Å². The van der Waals surface area contributed by atoms with Crippen LogP contribution in [0.5, 0.6) is 0 Å². The van der Waals surface area contributed by atoms with Gasteiger partial charge in [-0.2, -0.15) is 9.63 Å². The van der Waals surface area contributed by atoms with Crippen LogP contribution in [0.25, 0.3) is 0 Å². The molecule has 2 heterocycles. The lowest BCUT2D eigenvalue weighted by Gasteiger charge is -2.37. The minimum atomic E-state index is -3.66. The summed E-state index contributed by atoms with van der Waals surface area (Å²) in [6.45, 7) is 11.1. The molecule has 1 aliphatic heterocycles. The number of benzene rings is 2. The average molecular weight is 542 g/mol. The number of ether oxygens (including phenoxy) is 1. The van der Waals surface area contributed by atoms with E-state index in [-0.39, 0.29) is 4.90 Å². The van der Waals surface area contributed by atoms with E-state index in [2.05, 4.69) is 37.5 Å². The fraction of sp³-hybridized carbons (Fsp3) is 0.407. The lowest BCUT2D eigenvalue weighted by atomic mass is 10.1. The van der Waals surface area contributed by atoms with Gasteiger partial charge in [-0.15, -0.1) is 0 Å². The van der Waals surface area contributed by atoms with E-state index in [0.717, 1.165) is 30.9 Å². The van der Waals surface area contributed by atoms with E-state index < -0.39 is 15.6 Å². The Morgan fingerprint density at radius 1 is 1.03 bits per heavy atom. The first kappa shape index (κ1) is 27.9. The van der Waals surface area contributed by atoms with Crippen molar-refractivity contribution in [1.82, 2.24) is 14.7 Å². The fourth-order valence-electron chi connectivity index (χ4n) is 4.20. The quantitative estimate of drug-likeness (QED) is 0.345. The molecule has 0 radical (unpaired) electrons. The second-order valence-corrected chi connectivity index (χ2v) is 12.2. The summed E-state index contributed by atoms with van der Waals surface area (Å²) >= 11 is 0. The van der Waals surface area contributed by atoms with E-state index >= 15 is 0 Å². The maximum Gasteiger partial charge on any atom is 0.241 e. The van der Waals surface area contributed by atoms with Crippen LogP contribution in [0.3, 0.4) is 0 Å². The number of anilines is 4. The van der Waals surface area contributed by atoms with Gasteiger partial charge >= 0.3 is 0 Å². The van der Waals surface area contributed by atoms with Crippen LogP contribution in [0.2, 0.25) is 0 Å². The standard InChI is InChI=1S/C27H37N6O4S/c1-20-18-28-26(30-22-11-9-21(10-12-22)19-33(36-5)13-15-37-16-14-33)31-25(20)29-23-7-6-8-24(17-23)38(34,35)32-27(2,3)4/h6-12,17-18,32H,13-16,19H2,1-5H3,(H2,28,29,30,31)/q+1. The Hall–Kier alpha value is -3.09. The van der Waals surface area contributed by atoms with E-state index in [4.69, 9.17) is 9.57 Å². The van der Waals surface area contributed by atoms with Crippen molar-refractivity contribution < 1.29 is 22.6 Å².